The fourth-order valence-corrected chi connectivity index (χ4v) is 1.75. The summed E-state index contributed by atoms with van der Waals surface area (Å²) < 4.78 is 30.5. The summed E-state index contributed by atoms with van der Waals surface area (Å²) in [7, 11) is -2.57. The first-order chi connectivity index (χ1) is 5.95. The van der Waals surface area contributed by atoms with Crippen LogP contribution in [-0.2, 0) is 10.1 Å². The number of hydrogen-bond donors (Lipinski definition) is 1. The third kappa shape index (κ3) is 2.19. The van der Waals surface area contributed by atoms with Gasteiger partial charge in [-0.15, -0.1) is 0 Å². The van der Waals surface area contributed by atoms with Gasteiger partial charge in [-0.2, -0.15) is 8.42 Å². The van der Waals surface area contributed by atoms with Crippen LogP contribution in [0.15, 0.2) is 23.1 Å². The molecular formula is C8H10NO3S. The Morgan fingerprint density at radius 3 is 2.46 bits per heavy atom. The van der Waals surface area contributed by atoms with Gasteiger partial charge >= 0.3 is 0 Å². The second kappa shape index (κ2) is 3.35. The standard InChI is InChI=1S/C8H10NO3S/c1-6-3-4-7(9-2)5-8(6)13(10,11)12/h3-5H,1-2H3,(H,10,11,12). The van der Waals surface area contributed by atoms with E-state index in [0.29, 0.717) is 11.3 Å². The first-order valence-corrected chi connectivity index (χ1v) is 5.07. The molecule has 0 aliphatic heterocycles. The summed E-state index contributed by atoms with van der Waals surface area (Å²) in [6.45, 7) is 1.61. The Balaban J connectivity index is 3.36. The lowest BCUT2D eigenvalue weighted by Crippen LogP contribution is -2.01. The molecule has 0 heterocycles. The molecule has 5 heteroatoms. The van der Waals surface area contributed by atoms with Crippen molar-refractivity contribution in [3.63, 3.8) is 0 Å². The highest BCUT2D eigenvalue weighted by atomic mass is 32.2. The summed E-state index contributed by atoms with van der Waals surface area (Å²) in [5, 5.41) is 3.81. The summed E-state index contributed by atoms with van der Waals surface area (Å²) in [4.78, 5) is -0.0874. The predicted molar refractivity (Wildman–Crippen MR) is 48.7 cm³/mol. The number of hydrogen-bond acceptors (Lipinski definition) is 2. The van der Waals surface area contributed by atoms with Crippen LogP contribution in [0.25, 0.3) is 0 Å². The molecule has 0 atom stereocenters. The number of rotatable bonds is 2. The second-order valence-corrected chi connectivity index (χ2v) is 4.04. The Hall–Kier alpha value is -1.07. The van der Waals surface area contributed by atoms with Gasteiger partial charge in [0.25, 0.3) is 10.1 Å². The lowest BCUT2D eigenvalue weighted by molar-refractivity contribution is 0.482. The zero-order chi connectivity index (χ0) is 10.1. The van der Waals surface area contributed by atoms with Crippen LogP contribution in [0.4, 0.5) is 5.69 Å². The van der Waals surface area contributed by atoms with Gasteiger partial charge in [0.1, 0.15) is 0 Å². The molecular weight excluding hydrogens is 190 g/mol. The van der Waals surface area contributed by atoms with Crippen LogP contribution in [0.5, 0.6) is 0 Å². The van der Waals surface area contributed by atoms with Gasteiger partial charge < -0.3 is 0 Å². The molecule has 0 saturated heterocycles. The van der Waals surface area contributed by atoms with E-state index in [1.807, 2.05) is 0 Å². The molecule has 0 unspecified atom stereocenters. The summed E-state index contributed by atoms with van der Waals surface area (Å²) in [6.07, 6.45) is 0. The highest BCUT2D eigenvalue weighted by Gasteiger charge is 2.13. The van der Waals surface area contributed by atoms with Crippen molar-refractivity contribution in [3.8, 4) is 0 Å². The summed E-state index contributed by atoms with van der Waals surface area (Å²) >= 11 is 0. The van der Waals surface area contributed by atoms with E-state index < -0.39 is 10.1 Å². The Bertz CT molecular complexity index is 411. The molecule has 4 nitrogen and oxygen atoms in total. The van der Waals surface area contributed by atoms with Crippen molar-refractivity contribution in [3.05, 3.63) is 23.8 Å². The van der Waals surface area contributed by atoms with E-state index >= 15 is 0 Å². The number of benzene rings is 1. The molecule has 1 N–H and O–H groups in total. The molecule has 0 aromatic heterocycles. The van der Waals surface area contributed by atoms with Gasteiger partial charge in [-0.05, 0) is 24.6 Å². The molecule has 1 radical (unpaired) electrons. The van der Waals surface area contributed by atoms with E-state index in [-0.39, 0.29) is 4.90 Å². The minimum Gasteiger partial charge on any atom is -0.289 e. The molecule has 71 valence electrons. The van der Waals surface area contributed by atoms with Gasteiger partial charge in [0.2, 0.25) is 0 Å². The van der Waals surface area contributed by atoms with Crippen LogP contribution < -0.4 is 5.32 Å². The van der Waals surface area contributed by atoms with Crippen molar-refractivity contribution in [1.29, 1.82) is 0 Å². The molecule has 0 bridgehead atoms. The van der Waals surface area contributed by atoms with Crippen molar-refractivity contribution in [2.24, 2.45) is 0 Å². The Morgan fingerprint density at radius 1 is 1.38 bits per heavy atom. The van der Waals surface area contributed by atoms with Crippen LogP contribution in [0.1, 0.15) is 5.56 Å². The average Bonchev–Trinajstić information content (AvgIpc) is 2.03. The first-order valence-electron chi connectivity index (χ1n) is 3.63. The van der Waals surface area contributed by atoms with E-state index in [2.05, 4.69) is 5.32 Å². The van der Waals surface area contributed by atoms with Crippen LogP contribution >= 0.6 is 0 Å². The van der Waals surface area contributed by atoms with Gasteiger partial charge in [-0.25, -0.2) is 0 Å². The quantitative estimate of drug-likeness (QED) is 0.727. The van der Waals surface area contributed by atoms with Gasteiger partial charge in [0.15, 0.2) is 0 Å². The van der Waals surface area contributed by atoms with Crippen molar-refractivity contribution in [2.75, 3.05) is 7.05 Å². The molecule has 1 rings (SSSR count). The average molecular weight is 200 g/mol. The second-order valence-electron chi connectivity index (χ2n) is 2.65. The maximum Gasteiger partial charge on any atom is 0.294 e. The molecule has 0 aliphatic carbocycles. The van der Waals surface area contributed by atoms with Crippen molar-refractivity contribution < 1.29 is 13.0 Å². The number of nitrogens with zero attached hydrogens (tertiary/aromatic N) is 1. The normalized spacial score (nSPS) is 11.3. The molecule has 0 aliphatic rings. The molecule has 0 fully saturated rings. The zero-order valence-electron chi connectivity index (χ0n) is 7.35. The smallest absolute Gasteiger partial charge is 0.289 e. The highest BCUT2D eigenvalue weighted by molar-refractivity contribution is 7.85. The lowest BCUT2D eigenvalue weighted by Gasteiger charge is -2.03. The van der Waals surface area contributed by atoms with Crippen LogP contribution in [0.3, 0.4) is 0 Å². The predicted octanol–water partition coefficient (Wildman–Crippen LogP) is 1.11. The van der Waals surface area contributed by atoms with Crippen molar-refractivity contribution >= 4 is 15.8 Å². The fraction of sp³-hybridized carbons (Fsp3) is 0.250. The summed E-state index contributed by atoms with van der Waals surface area (Å²) in [5.74, 6) is 0. The summed E-state index contributed by atoms with van der Waals surface area (Å²) in [5.41, 5.74) is 1.04. The monoisotopic (exact) mass is 200 g/mol. The van der Waals surface area contributed by atoms with Crippen molar-refractivity contribution in [1.82, 2.24) is 5.32 Å². The SMILES string of the molecule is C[N]c1ccc(C)c(S(=O)(=O)O)c1. The lowest BCUT2D eigenvalue weighted by atomic mass is 10.2. The largest absolute Gasteiger partial charge is 0.294 e. The highest BCUT2D eigenvalue weighted by Crippen LogP contribution is 2.19. The van der Waals surface area contributed by atoms with Crippen LogP contribution in [0, 0.1) is 6.92 Å². The van der Waals surface area contributed by atoms with E-state index in [4.69, 9.17) is 4.55 Å². The van der Waals surface area contributed by atoms with Crippen LogP contribution in [0.2, 0.25) is 0 Å². The molecule has 13 heavy (non-hydrogen) atoms. The van der Waals surface area contributed by atoms with Gasteiger partial charge in [0, 0.05) is 7.05 Å². The van der Waals surface area contributed by atoms with E-state index in [1.165, 1.54) is 6.07 Å². The van der Waals surface area contributed by atoms with Crippen molar-refractivity contribution in [2.45, 2.75) is 11.8 Å². The molecule has 0 amide bonds. The molecule has 0 saturated carbocycles. The van der Waals surface area contributed by atoms with E-state index in [1.54, 1.807) is 26.1 Å². The van der Waals surface area contributed by atoms with E-state index in [9.17, 15) is 8.42 Å². The minimum atomic E-state index is -4.13. The molecule has 1 aromatic carbocycles. The zero-order valence-corrected chi connectivity index (χ0v) is 8.17. The Morgan fingerprint density at radius 2 is 2.00 bits per heavy atom. The molecule has 0 spiro atoms. The maximum absolute atomic E-state index is 10.8. The van der Waals surface area contributed by atoms with Gasteiger partial charge in [-0.3, -0.25) is 9.87 Å². The Labute approximate surface area is 77.3 Å². The fourth-order valence-electron chi connectivity index (χ4n) is 1.01. The third-order valence-electron chi connectivity index (χ3n) is 1.71. The first kappa shape index (κ1) is 10.0. The summed E-state index contributed by atoms with van der Waals surface area (Å²) in [6, 6.07) is 4.63. The van der Waals surface area contributed by atoms with E-state index in [0.717, 1.165) is 0 Å². The minimum absolute atomic E-state index is 0.0874. The molecule has 1 aromatic rings. The van der Waals surface area contributed by atoms with Gasteiger partial charge in [0.05, 0.1) is 10.6 Å². The topological polar surface area (TPSA) is 68.5 Å². The van der Waals surface area contributed by atoms with Gasteiger partial charge in [-0.1, -0.05) is 6.07 Å². The number of aryl methyl sites for hydroxylation is 1. The Kier molecular flexibility index (Phi) is 2.58. The third-order valence-corrected chi connectivity index (χ3v) is 2.70. The maximum atomic E-state index is 10.8. The van der Waals surface area contributed by atoms with Crippen LogP contribution in [-0.4, -0.2) is 20.0 Å².